The standard InChI is InChI=1S/C20H23Cl2NO3S/c1-4-17(13-6-8-18(25-2)19(9-13)26-3)23-20(24)12-27-11-14-5-7-15(21)10-16(14)22/h5-10,17H,4,11-12H2,1-3H3,(H,23,24)/t17-/m0/s1. The van der Waals surface area contributed by atoms with E-state index in [-0.39, 0.29) is 11.9 Å². The minimum atomic E-state index is -0.0861. The molecule has 2 aromatic rings. The maximum Gasteiger partial charge on any atom is 0.230 e. The molecule has 0 aliphatic rings. The largest absolute Gasteiger partial charge is 0.493 e. The number of nitrogens with one attached hydrogen (secondary N) is 1. The van der Waals surface area contributed by atoms with Gasteiger partial charge in [0.05, 0.1) is 26.0 Å². The molecule has 146 valence electrons. The molecule has 0 heterocycles. The van der Waals surface area contributed by atoms with E-state index in [1.807, 2.05) is 31.2 Å². The van der Waals surface area contributed by atoms with Crippen LogP contribution >= 0.6 is 35.0 Å². The molecule has 0 aliphatic carbocycles. The molecule has 0 radical (unpaired) electrons. The average Bonchev–Trinajstić information content (AvgIpc) is 2.67. The van der Waals surface area contributed by atoms with E-state index in [9.17, 15) is 4.79 Å². The molecule has 0 fully saturated rings. The summed E-state index contributed by atoms with van der Waals surface area (Å²) in [7, 11) is 3.19. The van der Waals surface area contributed by atoms with Crippen molar-refractivity contribution in [2.24, 2.45) is 0 Å². The van der Waals surface area contributed by atoms with Crippen molar-refractivity contribution in [1.82, 2.24) is 5.32 Å². The van der Waals surface area contributed by atoms with E-state index >= 15 is 0 Å². The molecule has 2 aromatic carbocycles. The Bertz CT molecular complexity index is 786. The normalized spacial score (nSPS) is 11.7. The molecule has 1 amide bonds. The van der Waals surface area contributed by atoms with E-state index < -0.39 is 0 Å². The van der Waals surface area contributed by atoms with Crippen molar-refractivity contribution in [1.29, 1.82) is 0 Å². The molecular formula is C20H23Cl2NO3S. The fourth-order valence-corrected chi connectivity index (χ4v) is 4.02. The van der Waals surface area contributed by atoms with E-state index in [1.54, 1.807) is 26.4 Å². The fraction of sp³-hybridized carbons (Fsp3) is 0.350. The summed E-state index contributed by atoms with van der Waals surface area (Å²) in [5.41, 5.74) is 1.94. The summed E-state index contributed by atoms with van der Waals surface area (Å²) < 4.78 is 10.6. The van der Waals surface area contributed by atoms with E-state index in [0.29, 0.717) is 33.0 Å². The maximum atomic E-state index is 12.4. The van der Waals surface area contributed by atoms with Gasteiger partial charge in [0.25, 0.3) is 0 Å². The maximum absolute atomic E-state index is 12.4. The van der Waals surface area contributed by atoms with Gasteiger partial charge in [0.15, 0.2) is 11.5 Å². The van der Waals surface area contributed by atoms with Crippen molar-refractivity contribution in [2.45, 2.75) is 25.1 Å². The summed E-state index contributed by atoms with van der Waals surface area (Å²) in [5.74, 6) is 2.29. The number of benzene rings is 2. The monoisotopic (exact) mass is 427 g/mol. The summed E-state index contributed by atoms with van der Waals surface area (Å²) in [6.07, 6.45) is 0.773. The van der Waals surface area contributed by atoms with Gasteiger partial charge in [-0.05, 0) is 41.8 Å². The van der Waals surface area contributed by atoms with Gasteiger partial charge in [0.1, 0.15) is 0 Å². The Morgan fingerprint density at radius 3 is 2.48 bits per heavy atom. The van der Waals surface area contributed by atoms with Crippen LogP contribution in [0, 0.1) is 0 Å². The Kier molecular flexibility index (Phi) is 8.61. The number of hydrogen-bond donors (Lipinski definition) is 1. The minimum Gasteiger partial charge on any atom is -0.493 e. The van der Waals surface area contributed by atoms with Gasteiger partial charge >= 0.3 is 0 Å². The van der Waals surface area contributed by atoms with Crippen LogP contribution in [0.3, 0.4) is 0 Å². The molecule has 0 spiro atoms. The molecule has 0 unspecified atom stereocenters. The van der Waals surface area contributed by atoms with Crippen LogP contribution in [-0.4, -0.2) is 25.9 Å². The molecule has 0 bridgehead atoms. The summed E-state index contributed by atoms with van der Waals surface area (Å²) in [4.78, 5) is 12.4. The smallest absolute Gasteiger partial charge is 0.230 e. The third-order valence-corrected chi connectivity index (χ3v) is 5.63. The zero-order valence-corrected chi connectivity index (χ0v) is 17.9. The lowest BCUT2D eigenvalue weighted by atomic mass is 10.0. The van der Waals surface area contributed by atoms with Gasteiger partial charge in [-0.25, -0.2) is 0 Å². The van der Waals surface area contributed by atoms with E-state index in [2.05, 4.69) is 5.32 Å². The molecule has 0 aromatic heterocycles. The SMILES string of the molecule is CC[C@H](NC(=O)CSCc1ccc(Cl)cc1Cl)c1ccc(OC)c(OC)c1. The van der Waals surface area contributed by atoms with Crippen LogP contribution in [0.15, 0.2) is 36.4 Å². The van der Waals surface area contributed by atoms with Gasteiger partial charge in [-0.2, -0.15) is 0 Å². The van der Waals surface area contributed by atoms with Crippen LogP contribution in [0.2, 0.25) is 10.0 Å². The van der Waals surface area contributed by atoms with Gasteiger partial charge < -0.3 is 14.8 Å². The van der Waals surface area contributed by atoms with Crippen LogP contribution in [0.5, 0.6) is 11.5 Å². The summed E-state index contributed by atoms with van der Waals surface area (Å²) in [6, 6.07) is 11.0. The molecule has 4 nitrogen and oxygen atoms in total. The number of carbonyl (C=O) groups excluding carboxylic acids is 1. The first-order chi connectivity index (χ1) is 13.0. The molecular weight excluding hydrogens is 405 g/mol. The molecule has 0 aliphatic heterocycles. The van der Waals surface area contributed by atoms with Crippen LogP contribution in [0.25, 0.3) is 0 Å². The fourth-order valence-electron chi connectivity index (χ4n) is 2.62. The van der Waals surface area contributed by atoms with Crippen molar-refractivity contribution in [3.8, 4) is 11.5 Å². The molecule has 0 saturated heterocycles. The molecule has 1 N–H and O–H groups in total. The number of methoxy groups -OCH3 is 2. The number of carbonyl (C=O) groups is 1. The third kappa shape index (κ3) is 6.23. The third-order valence-electron chi connectivity index (χ3n) is 4.06. The summed E-state index contributed by atoms with van der Waals surface area (Å²) >= 11 is 13.6. The first-order valence-electron chi connectivity index (χ1n) is 8.51. The van der Waals surface area contributed by atoms with Crippen LogP contribution in [0.1, 0.15) is 30.5 Å². The molecule has 7 heteroatoms. The summed E-state index contributed by atoms with van der Waals surface area (Å²) in [5, 5.41) is 4.29. The minimum absolute atomic E-state index is 0.0216. The highest BCUT2D eigenvalue weighted by atomic mass is 35.5. The van der Waals surface area contributed by atoms with Crippen molar-refractivity contribution in [3.63, 3.8) is 0 Å². The zero-order chi connectivity index (χ0) is 19.8. The van der Waals surface area contributed by atoms with Gasteiger partial charge in [0, 0.05) is 15.8 Å². The Labute approximate surface area is 174 Å². The number of halogens is 2. The van der Waals surface area contributed by atoms with Crippen molar-refractivity contribution < 1.29 is 14.3 Å². The van der Waals surface area contributed by atoms with Crippen molar-refractivity contribution in [2.75, 3.05) is 20.0 Å². The second kappa shape index (κ2) is 10.7. The number of thioether (sulfide) groups is 1. The highest BCUT2D eigenvalue weighted by Gasteiger charge is 2.15. The summed E-state index contributed by atoms with van der Waals surface area (Å²) in [6.45, 7) is 2.03. The second-order valence-corrected chi connectivity index (χ2v) is 7.70. The lowest BCUT2D eigenvalue weighted by Crippen LogP contribution is -2.29. The van der Waals surface area contributed by atoms with Crippen molar-refractivity contribution >= 4 is 40.9 Å². The Balaban J connectivity index is 1.92. The number of hydrogen-bond acceptors (Lipinski definition) is 4. The Morgan fingerprint density at radius 2 is 1.85 bits per heavy atom. The number of amides is 1. The highest BCUT2D eigenvalue weighted by Crippen LogP contribution is 2.31. The second-order valence-electron chi connectivity index (χ2n) is 5.87. The first-order valence-corrected chi connectivity index (χ1v) is 10.4. The Morgan fingerprint density at radius 1 is 1.11 bits per heavy atom. The van der Waals surface area contributed by atoms with Crippen LogP contribution < -0.4 is 14.8 Å². The molecule has 27 heavy (non-hydrogen) atoms. The predicted octanol–water partition coefficient (Wildman–Crippen LogP) is 5.51. The predicted molar refractivity (Wildman–Crippen MR) is 113 cm³/mol. The van der Waals surface area contributed by atoms with Gasteiger partial charge in [-0.3, -0.25) is 4.79 Å². The topological polar surface area (TPSA) is 47.6 Å². The van der Waals surface area contributed by atoms with E-state index in [0.717, 1.165) is 17.5 Å². The first kappa shape index (κ1) is 21.7. The van der Waals surface area contributed by atoms with E-state index in [1.165, 1.54) is 11.8 Å². The van der Waals surface area contributed by atoms with E-state index in [4.69, 9.17) is 32.7 Å². The lowest BCUT2D eigenvalue weighted by Gasteiger charge is -2.19. The molecule has 2 rings (SSSR count). The number of rotatable bonds is 9. The van der Waals surface area contributed by atoms with Gasteiger partial charge in [-0.15, -0.1) is 11.8 Å². The average molecular weight is 428 g/mol. The molecule has 1 atom stereocenters. The number of ether oxygens (including phenoxy) is 2. The van der Waals surface area contributed by atoms with Gasteiger partial charge in [-0.1, -0.05) is 42.3 Å². The quantitative estimate of drug-likeness (QED) is 0.572. The van der Waals surface area contributed by atoms with Crippen LogP contribution in [-0.2, 0) is 10.5 Å². The van der Waals surface area contributed by atoms with Gasteiger partial charge in [0.2, 0.25) is 5.91 Å². The lowest BCUT2D eigenvalue weighted by molar-refractivity contribution is -0.119. The van der Waals surface area contributed by atoms with Crippen molar-refractivity contribution in [3.05, 3.63) is 57.6 Å². The Hall–Kier alpha value is -1.56. The highest BCUT2D eigenvalue weighted by molar-refractivity contribution is 7.99. The van der Waals surface area contributed by atoms with Crippen LogP contribution in [0.4, 0.5) is 0 Å². The zero-order valence-electron chi connectivity index (χ0n) is 15.6. The molecule has 0 saturated carbocycles.